The Labute approximate surface area is 195 Å². The first-order valence-corrected chi connectivity index (χ1v) is 11.5. The van der Waals surface area contributed by atoms with E-state index in [0.29, 0.717) is 19.5 Å². The molecule has 33 heavy (non-hydrogen) atoms. The number of benzene rings is 3. The molecular formula is C28H30N4O. The molecule has 0 unspecified atom stereocenters. The third kappa shape index (κ3) is 5.20. The summed E-state index contributed by atoms with van der Waals surface area (Å²) in [5.41, 5.74) is 7.36. The Hall–Kier alpha value is -3.73. The van der Waals surface area contributed by atoms with Crippen molar-refractivity contribution in [3.8, 4) is 16.8 Å². The van der Waals surface area contributed by atoms with Crippen molar-refractivity contribution in [2.75, 3.05) is 13.1 Å². The monoisotopic (exact) mass is 438 g/mol. The number of carbonyl (C=O) groups is 1. The summed E-state index contributed by atoms with van der Waals surface area (Å²) in [6.07, 6.45) is 0.905. The largest absolute Gasteiger partial charge is 0.343 e. The second-order valence-corrected chi connectivity index (χ2v) is 8.21. The highest BCUT2D eigenvalue weighted by atomic mass is 16.2. The summed E-state index contributed by atoms with van der Waals surface area (Å²) in [4.78, 5) is 14.7. The smallest absolute Gasteiger partial charge is 0.228 e. The fourth-order valence-electron chi connectivity index (χ4n) is 4.01. The predicted octanol–water partition coefficient (Wildman–Crippen LogP) is 5.24. The van der Waals surface area contributed by atoms with Gasteiger partial charge in [0, 0.05) is 19.5 Å². The van der Waals surface area contributed by atoms with Crippen LogP contribution in [-0.4, -0.2) is 38.9 Å². The summed E-state index contributed by atoms with van der Waals surface area (Å²) in [6.45, 7) is 7.45. The number of carbonyl (C=O) groups excluding carboxylic acids is 1. The molecule has 0 bridgehead atoms. The summed E-state index contributed by atoms with van der Waals surface area (Å²) in [7, 11) is 0. The lowest BCUT2D eigenvalue weighted by molar-refractivity contribution is -0.130. The Morgan fingerprint density at radius 2 is 1.48 bits per heavy atom. The minimum Gasteiger partial charge on any atom is -0.343 e. The maximum atomic E-state index is 12.8. The van der Waals surface area contributed by atoms with Crippen LogP contribution in [0.5, 0.6) is 0 Å². The molecule has 0 spiro atoms. The molecule has 0 N–H and O–H groups in total. The number of aryl methyl sites for hydroxylation is 1. The molecule has 4 rings (SSSR count). The van der Waals surface area contributed by atoms with Gasteiger partial charge in [-0.3, -0.25) is 4.79 Å². The summed E-state index contributed by atoms with van der Waals surface area (Å²) in [5, 5.41) is 8.87. The Morgan fingerprint density at radius 3 is 2.12 bits per heavy atom. The number of hydrogen-bond acceptors (Lipinski definition) is 3. The van der Waals surface area contributed by atoms with Crippen LogP contribution in [0.3, 0.4) is 0 Å². The van der Waals surface area contributed by atoms with E-state index in [4.69, 9.17) is 0 Å². The Morgan fingerprint density at radius 1 is 0.848 bits per heavy atom. The molecule has 168 valence electrons. The standard InChI is InChI=1S/C28H30N4O/c1-4-31(5-2)28(33)20-26-27(32(30-29-26)25-17-11-21(3)12-18-25)19-22-13-15-24(16-14-22)23-9-7-6-8-10-23/h6-18H,4-5,19-20H2,1-3H3. The molecule has 3 aromatic carbocycles. The quantitative estimate of drug-likeness (QED) is 0.378. The molecule has 0 aliphatic heterocycles. The van der Waals surface area contributed by atoms with Crippen LogP contribution < -0.4 is 0 Å². The van der Waals surface area contributed by atoms with E-state index in [0.717, 1.165) is 22.6 Å². The van der Waals surface area contributed by atoms with Gasteiger partial charge in [-0.05, 0) is 49.6 Å². The molecule has 0 fully saturated rings. The van der Waals surface area contributed by atoms with Crippen LogP contribution in [0.1, 0.15) is 36.4 Å². The Balaban J connectivity index is 1.66. The molecule has 1 amide bonds. The number of amides is 1. The van der Waals surface area contributed by atoms with E-state index in [1.54, 1.807) is 0 Å². The third-order valence-corrected chi connectivity index (χ3v) is 5.99. The Kier molecular flexibility index (Phi) is 6.98. The Bertz CT molecular complexity index is 1190. The maximum absolute atomic E-state index is 12.8. The van der Waals surface area contributed by atoms with Gasteiger partial charge in [0.2, 0.25) is 5.91 Å². The molecule has 4 aromatic rings. The van der Waals surface area contributed by atoms with E-state index < -0.39 is 0 Å². The first-order chi connectivity index (χ1) is 16.1. The average molecular weight is 439 g/mol. The van der Waals surface area contributed by atoms with Crippen molar-refractivity contribution in [3.05, 3.63) is 101 Å². The highest BCUT2D eigenvalue weighted by Crippen LogP contribution is 2.23. The first kappa shape index (κ1) is 22.5. The summed E-state index contributed by atoms with van der Waals surface area (Å²) < 4.78 is 1.87. The number of nitrogens with zero attached hydrogens (tertiary/aromatic N) is 4. The molecule has 0 radical (unpaired) electrons. The summed E-state index contributed by atoms with van der Waals surface area (Å²) in [6, 6.07) is 27.1. The van der Waals surface area contributed by atoms with E-state index in [9.17, 15) is 4.79 Å². The van der Waals surface area contributed by atoms with Crippen molar-refractivity contribution < 1.29 is 4.79 Å². The van der Waals surface area contributed by atoms with Crippen molar-refractivity contribution in [3.63, 3.8) is 0 Å². The van der Waals surface area contributed by atoms with Crippen LogP contribution in [0.25, 0.3) is 16.8 Å². The molecule has 0 aliphatic carbocycles. The van der Waals surface area contributed by atoms with Gasteiger partial charge >= 0.3 is 0 Å². The fraction of sp³-hybridized carbons (Fsp3) is 0.250. The molecule has 0 saturated heterocycles. The van der Waals surface area contributed by atoms with Gasteiger partial charge < -0.3 is 4.90 Å². The van der Waals surface area contributed by atoms with Crippen LogP contribution in [0.2, 0.25) is 0 Å². The molecule has 5 heteroatoms. The zero-order valence-corrected chi connectivity index (χ0v) is 19.5. The minimum atomic E-state index is 0.0802. The lowest BCUT2D eigenvalue weighted by atomic mass is 10.0. The van der Waals surface area contributed by atoms with Crippen LogP contribution in [0.15, 0.2) is 78.9 Å². The van der Waals surface area contributed by atoms with Crippen molar-refractivity contribution in [2.24, 2.45) is 0 Å². The number of aromatic nitrogens is 3. The van der Waals surface area contributed by atoms with Gasteiger partial charge in [0.1, 0.15) is 0 Å². The van der Waals surface area contributed by atoms with Gasteiger partial charge in [-0.25, -0.2) is 4.68 Å². The van der Waals surface area contributed by atoms with Crippen LogP contribution in [0.4, 0.5) is 0 Å². The zero-order chi connectivity index (χ0) is 23.2. The second kappa shape index (κ2) is 10.3. The zero-order valence-electron chi connectivity index (χ0n) is 19.5. The van der Waals surface area contributed by atoms with Gasteiger partial charge in [0.25, 0.3) is 0 Å². The van der Waals surface area contributed by atoms with E-state index in [1.807, 2.05) is 53.8 Å². The first-order valence-electron chi connectivity index (χ1n) is 11.5. The van der Waals surface area contributed by atoms with Crippen molar-refractivity contribution in [2.45, 2.75) is 33.6 Å². The van der Waals surface area contributed by atoms with E-state index in [1.165, 1.54) is 16.7 Å². The molecule has 1 heterocycles. The van der Waals surface area contributed by atoms with Gasteiger partial charge in [0.15, 0.2) is 0 Å². The lowest BCUT2D eigenvalue weighted by Crippen LogP contribution is -2.32. The molecule has 0 saturated carbocycles. The highest BCUT2D eigenvalue weighted by molar-refractivity contribution is 5.78. The van der Waals surface area contributed by atoms with Crippen LogP contribution in [0, 0.1) is 6.92 Å². The lowest BCUT2D eigenvalue weighted by Gasteiger charge is -2.18. The average Bonchev–Trinajstić information content (AvgIpc) is 3.23. The number of hydrogen-bond donors (Lipinski definition) is 0. The molecule has 5 nitrogen and oxygen atoms in total. The number of rotatable bonds is 8. The third-order valence-electron chi connectivity index (χ3n) is 5.99. The normalized spacial score (nSPS) is 10.9. The molecule has 0 aliphatic rings. The van der Waals surface area contributed by atoms with Gasteiger partial charge in [-0.1, -0.05) is 77.5 Å². The molecule has 1 aromatic heterocycles. The van der Waals surface area contributed by atoms with Crippen LogP contribution in [-0.2, 0) is 17.6 Å². The topological polar surface area (TPSA) is 51.0 Å². The van der Waals surface area contributed by atoms with Crippen molar-refractivity contribution >= 4 is 5.91 Å². The van der Waals surface area contributed by atoms with Crippen molar-refractivity contribution in [1.29, 1.82) is 0 Å². The fourth-order valence-corrected chi connectivity index (χ4v) is 4.01. The maximum Gasteiger partial charge on any atom is 0.228 e. The summed E-state index contributed by atoms with van der Waals surface area (Å²) in [5.74, 6) is 0.0802. The van der Waals surface area contributed by atoms with E-state index in [-0.39, 0.29) is 12.3 Å². The predicted molar refractivity (Wildman–Crippen MR) is 132 cm³/mol. The van der Waals surface area contributed by atoms with E-state index in [2.05, 4.69) is 65.8 Å². The van der Waals surface area contributed by atoms with Gasteiger partial charge in [-0.2, -0.15) is 0 Å². The SMILES string of the molecule is CCN(CC)C(=O)Cc1nnn(-c2ccc(C)cc2)c1Cc1ccc(-c2ccccc2)cc1. The minimum absolute atomic E-state index is 0.0802. The second-order valence-electron chi connectivity index (χ2n) is 8.21. The molecular weight excluding hydrogens is 408 g/mol. The van der Waals surface area contributed by atoms with Crippen LogP contribution >= 0.6 is 0 Å². The van der Waals surface area contributed by atoms with Crippen molar-refractivity contribution in [1.82, 2.24) is 19.9 Å². The number of likely N-dealkylation sites (N-methyl/N-ethyl adjacent to an activating group) is 1. The molecule has 0 atom stereocenters. The summed E-state index contributed by atoms with van der Waals surface area (Å²) >= 11 is 0. The van der Waals surface area contributed by atoms with Gasteiger partial charge in [0.05, 0.1) is 23.5 Å². The van der Waals surface area contributed by atoms with E-state index >= 15 is 0 Å². The highest BCUT2D eigenvalue weighted by Gasteiger charge is 2.20. The van der Waals surface area contributed by atoms with Gasteiger partial charge in [-0.15, -0.1) is 5.10 Å².